The standard InChI is InChI=1S/C16H18N2OS2/c1-9-2-5-13(20-9)14-6-7-15(21-14)16(19)18-12-8-10-3-4-11(12)17-10/h2,5-7,10-12,17H,3-4,8H2,1H3,(H,18,19). The van der Waals surface area contributed by atoms with Gasteiger partial charge in [-0.3, -0.25) is 4.79 Å². The maximum absolute atomic E-state index is 12.4. The number of fused-ring (bicyclic) bond motifs is 2. The Balaban J connectivity index is 1.46. The molecule has 5 heteroatoms. The van der Waals surface area contributed by atoms with E-state index in [1.165, 1.54) is 27.5 Å². The summed E-state index contributed by atoms with van der Waals surface area (Å²) in [7, 11) is 0. The summed E-state index contributed by atoms with van der Waals surface area (Å²) >= 11 is 3.37. The monoisotopic (exact) mass is 318 g/mol. The van der Waals surface area contributed by atoms with Crippen molar-refractivity contribution in [2.75, 3.05) is 0 Å². The summed E-state index contributed by atoms with van der Waals surface area (Å²) in [4.78, 5) is 17.0. The molecule has 0 aliphatic carbocycles. The lowest BCUT2D eigenvalue weighted by molar-refractivity contribution is 0.0935. The van der Waals surface area contributed by atoms with Crippen LogP contribution in [0.1, 0.15) is 33.8 Å². The first-order valence-electron chi connectivity index (χ1n) is 7.42. The first-order valence-corrected chi connectivity index (χ1v) is 9.06. The molecule has 3 nitrogen and oxygen atoms in total. The van der Waals surface area contributed by atoms with Crippen LogP contribution in [0.15, 0.2) is 24.3 Å². The van der Waals surface area contributed by atoms with Gasteiger partial charge in [-0.25, -0.2) is 0 Å². The first-order chi connectivity index (χ1) is 10.2. The van der Waals surface area contributed by atoms with Gasteiger partial charge in [-0.05, 0) is 50.5 Å². The van der Waals surface area contributed by atoms with Crippen LogP contribution in [0.5, 0.6) is 0 Å². The van der Waals surface area contributed by atoms with E-state index >= 15 is 0 Å². The van der Waals surface area contributed by atoms with E-state index < -0.39 is 0 Å². The Labute approximate surface area is 132 Å². The lowest BCUT2D eigenvalue weighted by Crippen LogP contribution is -2.42. The topological polar surface area (TPSA) is 41.1 Å². The van der Waals surface area contributed by atoms with E-state index in [9.17, 15) is 4.79 Å². The highest BCUT2D eigenvalue weighted by Crippen LogP contribution is 2.34. The fourth-order valence-corrected chi connectivity index (χ4v) is 5.25. The highest BCUT2D eigenvalue weighted by molar-refractivity contribution is 7.23. The second-order valence-electron chi connectivity index (χ2n) is 5.94. The molecular weight excluding hydrogens is 300 g/mol. The van der Waals surface area contributed by atoms with Gasteiger partial charge in [-0.2, -0.15) is 0 Å². The molecular formula is C16H18N2OS2. The molecule has 2 aromatic rings. The van der Waals surface area contributed by atoms with Crippen LogP contribution in [-0.2, 0) is 0 Å². The van der Waals surface area contributed by atoms with E-state index in [1.54, 1.807) is 22.7 Å². The van der Waals surface area contributed by atoms with Crippen LogP contribution in [0.25, 0.3) is 9.75 Å². The van der Waals surface area contributed by atoms with Gasteiger partial charge in [-0.15, -0.1) is 22.7 Å². The number of thiophene rings is 2. The van der Waals surface area contributed by atoms with Crippen molar-refractivity contribution in [1.29, 1.82) is 0 Å². The summed E-state index contributed by atoms with van der Waals surface area (Å²) in [5.74, 6) is 0.0823. The second-order valence-corrected chi connectivity index (χ2v) is 8.31. The Morgan fingerprint density at radius 1 is 1.19 bits per heavy atom. The summed E-state index contributed by atoms with van der Waals surface area (Å²) < 4.78 is 0. The lowest BCUT2D eigenvalue weighted by atomic mass is 9.95. The minimum absolute atomic E-state index is 0.0823. The SMILES string of the molecule is Cc1ccc(-c2ccc(C(=O)NC3CC4CCC3N4)s2)s1. The molecule has 2 N–H and O–H groups in total. The minimum atomic E-state index is 0.0823. The van der Waals surface area contributed by atoms with Crippen molar-refractivity contribution in [1.82, 2.24) is 10.6 Å². The van der Waals surface area contributed by atoms with Crippen molar-refractivity contribution < 1.29 is 4.79 Å². The Bertz CT molecular complexity index is 675. The Morgan fingerprint density at radius 3 is 2.67 bits per heavy atom. The fourth-order valence-electron chi connectivity index (χ4n) is 3.38. The third-order valence-corrected chi connectivity index (χ3v) is 6.71. The minimum Gasteiger partial charge on any atom is -0.347 e. The van der Waals surface area contributed by atoms with Crippen LogP contribution in [0.3, 0.4) is 0 Å². The van der Waals surface area contributed by atoms with E-state index in [1.807, 2.05) is 6.07 Å². The van der Waals surface area contributed by atoms with Crippen molar-refractivity contribution in [3.8, 4) is 9.75 Å². The average Bonchev–Trinajstić information content (AvgIpc) is 3.22. The van der Waals surface area contributed by atoms with E-state index in [2.05, 4.69) is 35.8 Å². The van der Waals surface area contributed by atoms with Crippen LogP contribution in [-0.4, -0.2) is 24.0 Å². The summed E-state index contributed by atoms with van der Waals surface area (Å²) in [5, 5.41) is 6.77. The zero-order valence-corrected chi connectivity index (χ0v) is 13.5. The van der Waals surface area contributed by atoms with E-state index in [0.717, 1.165) is 11.3 Å². The van der Waals surface area contributed by atoms with Gasteiger partial charge in [0, 0.05) is 32.8 Å². The smallest absolute Gasteiger partial charge is 0.261 e. The molecule has 1 amide bonds. The zero-order valence-electron chi connectivity index (χ0n) is 11.9. The fraction of sp³-hybridized carbons (Fsp3) is 0.438. The van der Waals surface area contributed by atoms with Gasteiger partial charge in [0.05, 0.1) is 4.88 Å². The van der Waals surface area contributed by atoms with Gasteiger partial charge in [0.15, 0.2) is 0 Å². The molecule has 0 spiro atoms. The van der Waals surface area contributed by atoms with E-state index in [-0.39, 0.29) is 5.91 Å². The largest absolute Gasteiger partial charge is 0.347 e. The zero-order chi connectivity index (χ0) is 14.4. The number of amides is 1. The molecule has 2 aliphatic rings. The first kappa shape index (κ1) is 13.5. The third-order valence-electron chi connectivity index (χ3n) is 4.43. The molecule has 4 heterocycles. The molecule has 2 aliphatic heterocycles. The molecule has 0 radical (unpaired) electrons. The van der Waals surface area contributed by atoms with Crippen molar-refractivity contribution in [2.24, 2.45) is 0 Å². The van der Waals surface area contributed by atoms with Crippen molar-refractivity contribution in [3.05, 3.63) is 34.0 Å². The van der Waals surface area contributed by atoms with Crippen LogP contribution in [0.4, 0.5) is 0 Å². The van der Waals surface area contributed by atoms with Crippen LogP contribution in [0.2, 0.25) is 0 Å². The number of nitrogens with one attached hydrogen (secondary N) is 2. The molecule has 3 unspecified atom stereocenters. The highest BCUT2D eigenvalue weighted by Gasteiger charge is 2.39. The second kappa shape index (κ2) is 5.23. The summed E-state index contributed by atoms with van der Waals surface area (Å²) in [6, 6.07) is 9.68. The predicted octanol–water partition coefficient (Wildman–Crippen LogP) is 3.41. The molecule has 4 rings (SSSR count). The van der Waals surface area contributed by atoms with Gasteiger partial charge in [0.1, 0.15) is 0 Å². The van der Waals surface area contributed by atoms with Crippen molar-refractivity contribution in [3.63, 3.8) is 0 Å². The Kier molecular flexibility index (Phi) is 3.36. The molecule has 2 fully saturated rings. The van der Waals surface area contributed by atoms with Gasteiger partial charge >= 0.3 is 0 Å². The third kappa shape index (κ3) is 2.54. The predicted molar refractivity (Wildman–Crippen MR) is 88.2 cm³/mol. The number of hydrogen-bond acceptors (Lipinski definition) is 4. The van der Waals surface area contributed by atoms with E-state index in [4.69, 9.17) is 0 Å². The van der Waals surface area contributed by atoms with Gasteiger partial charge in [0.2, 0.25) is 0 Å². The maximum Gasteiger partial charge on any atom is 0.261 e. The summed E-state index contributed by atoms with van der Waals surface area (Å²) in [5.41, 5.74) is 0. The lowest BCUT2D eigenvalue weighted by Gasteiger charge is -2.20. The quantitative estimate of drug-likeness (QED) is 0.910. The molecule has 110 valence electrons. The molecule has 21 heavy (non-hydrogen) atoms. The van der Waals surface area contributed by atoms with Gasteiger partial charge < -0.3 is 10.6 Å². The molecule has 0 saturated carbocycles. The molecule has 3 atom stereocenters. The van der Waals surface area contributed by atoms with Crippen LogP contribution in [0, 0.1) is 6.92 Å². The number of rotatable bonds is 3. The average molecular weight is 318 g/mol. The van der Waals surface area contributed by atoms with Crippen LogP contribution >= 0.6 is 22.7 Å². The number of aryl methyl sites for hydroxylation is 1. The Morgan fingerprint density at radius 2 is 2.00 bits per heavy atom. The summed E-state index contributed by atoms with van der Waals surface area (Å²) in [6.07, 6.45) is 3.54. The van der Waals surface area contributed by atoms with Gasteiger partial charge in [-0.1, -0.05) is 0 Å². The summed E-state index contributed by atoms with van der Waals surface area (Å²) in [6.45, 7) is 2.11. The number of carbonyl (C=O) groups is 1. The molecule has 2 bridgehead atoms. The van der Waals surface area contributed by atoms with Crippen molar-refractivity contribution in [2.45, 2.75) is 44.3 Å². The Hall–Kier alpha value is -1.17. The molecule has 2 saturated heterocycles. The van der Waals surface area contributed by atoms with Crippen molar-refractivity contribution >= 4 is 28.6 Å². The van der Waals surface area contributed by atoms with Gasteiger partial charge in [0.25, 0.3) is 5.91 Å². The number of hydrogen-bond donors (Lipinski definition) is 2. The van der Waals surface area contributed by atoms with Crippen LogP contribution < -0.4 is 10.6 Å². The number of carbonyl (C=O) groups excluding carboxylic acids is 1. The highest BCUT2D eigenvalue weighted by atomic mass is 32.1. The van der Waals surface area contributed by atoms with E-state index in [0.29, 0.717) is 18.1 Å². The maximum atomic E-state index is 12.4. The molecule has 0 aromatic carbocycles. The molecule has 2 aromatic heterocycles. The normalized spacial score (nSPS) is 27.2.